The van der Waals surface area contributed by atoms with Crippen molar-refractivity contribution in [3.05, 3.63) is 64.2 Å². The van der Waals surface area contributed by atoms with Gasteiger partial charge in [0, 0.05) is 18.7 Å². The predicted molar refractivity (Wildman–Crippen MR) is 70.4 cm³/mol. The van der Waals surface area contributed by atoms with Crippen LogP contribution in [0.25, 0.3) is 0 Å². The molecule has 0 amide bonds. The molecule has 0 saturated carbocycles. The molecule has 5 nitrogen and oxygen atoms in total. The van der Waals surface area contributed by atoms with Crippen LogP contribution in [0.1, 0.15) is 5.56 Å². The minimum atomic E-state index is -0.455. The molecule has 1 N–H and O–H groups in total. The zero-order valence-corrected chi connectivity index (χ0v) is 10.2. The van der Waals surface area contributed by atoms with Gasteiger partial charge in [-0.25, -0.2) is 0 Å². The molecule has 2 aromatic carbocycles. The van der Waals surface area contributed by atoms with Crippen LogP contribution in [0.3, 0.4) is 0 Å². The number of rotatable bonds is 5. The number of para-hydroxylation sites is 1. The first kappa shape index (κ1) is 13.0. The summed E-state index contributed by atoms with van der Waals surface area (Å²) >= 11 is 0. The van der Waals surface area contributed by atoms with Gasteiger partial charge < -0.3 is 9.84 Å². The van der Waals surface area contributed by atoms with Gasteiger partial charge in [0.15, 0.2) is 0 Å². The van der Waals surface area contributed by atoms with Crippen molar-refractivity contribution in [3.63, 3.8) is 0 Å². The van der Waals surface area contributed by atoms with Crippen LogP contribution in [0.4, 0.5) is 5.69 Å². The van der Waals surface area contributed by atoms with Crippen LogP contribution < -0.4 is 4.74 Å². The standard InChI is InChI=1S/C14H13NO4/c16-10-9-11-3-1-2-4-14(11)19-13-7-5-12(6-8-13)15(17)18/h1-8,16H,9-10H2. The summed E-state index contributed by atoms with van der Waals surface area (Å²) in [5.41, 5.74) is 0.916. The van der Waals surface area contributed by atoms with E-state index in [0.29, 0.717) is 17.9 Å². The minimum Gasteiger partial charge on any atom is -0.457 e. The van der Waals surface area contributed by atoms with Gasteiger partial charge in [-0.05, 0) is 30.2 Å². The second-order valence-corrected chi connectivity index (χ2v) is 3.93. The van der Waals surface area contributed by atoms with E-state index in [0.717, 1.165) is 5.56 Å². The number of nitro groups is 1. The fourth-order valence-electron chi connectivity index (χ4n) is 1.69. The largest absolute Gasteiger partial charge is 0.457 e. The van der Waals surface area contributed by atoms with Crippen LogP contribution in [0, 0.1) is 10.1 Å². The molecule has 2 rings (SSSR count). The molecule has 98 valence electrons. The Labute approximate surface area is 110 Å². The van der Waals surface area contributed by atoms with E-state index in [4.69, 9.17) is 9.84 Å². The van der Waals surface area contributed by atoms with Gasteiger partial charge in [0.2, 0.25) is 0 Å². The molecule has 0 fully saturated rings. The van der Waals surface area contributed by atoms with Gasteiger partial charge in [0.05, 0.1) is 4.92 Å². The first-order valence-corrected chi connectivity index (χ1v) is 5.82. The molecule has 19 heavy (non-hydrogen) atoms. The summed E-state index contributed by atoms with van der Waals surface area (Å²) < 4.78 is 5.66. The fraction of sp³-hybridized carbons (Fsp3) is 0.143. The molecule has 0 atom stereocenters. The summed E-state index contributed by atoms with van der Waals surface area (Å²) in [6.45, 7) is 0.0423. The normalized spacial score (nSPS) is 10.2. The van der Waals surface area contributed by atoms with Gasteiger partial charge in [0.1, 0.15) is 11.5 Å². The highest BCUT2D eigenvalue weighted by molar-refractivity contribution is 5.41. The SMILES string of the molecule is O=[N+]([O-])c1ccc(Oc2ccccc2CCO)cc1. The average molecular weight is 259 g/mol. The maximum absolute atomic E-state index is 10.5. The first-order chi connectivity index (χ1) is 9.20. The zero-order chi connectivity index (χ0) is 13.7. The maximum atomic E-state index is 10.5. The van der Waals surface area contributed by atoms with Crippen molar-refractivity contribution in [2.75, 3.05) is 6.61 Å². The topological polar surface area (TPSA) is 72.6 Å². The Kier molecular flexibility index (Phi) is 4.10. The minimum absolute atomic E-state index is 0.0241. The number of nitrogens with zero attached hydrogens (tertiary/aromatic N) is 1. The molecule has 5 heteroatoms. The van der Waals surface area contributed by atoms with Crippen molar-refractivity contribution >= 4 is 5.69 Å². The molecule has 0 aliphatic rings. The summed E-state index contributed by atoms with van der Waals surface area (Å²) in [5, 5.41) is 19.5. The molecule has 0 spiro atoms. The quantitative estimate of drug-likeness (QED) is 0.661. The average Bonchev–Trinajstić information content (AvgIpc) is 2.42. The molecule has 2 aromatic rings. The molecule has 0 aliphatic heterocycles. The van der Waals surface area contributed by atoms with Crippen LogP contribution in [0.2, 0.25) is 0 Å². The molecular weight excluding hydrogens is 246 g/mol. The van der Waals surface area contributed by atoms with E-state index in [1.54, 1.807) is 18.2 Å². The number of benzene rings is 2. The van der Waals surface area contributed by atoms with Crippen LogP contribution in [0.5, 0.6) is 11.5 Å². The number of non-ortho nitro benzene ring substituents is 1. The molecule has 0 aromatic heterocycles. The van der Waals surface area contributed by atoms with Crippen molar-refractivity contribution in [1.29, 1.82) is 0 Å². The maximum Gasteiger partial charge on any atom is 0.269 e. The van der Waals surface area contributed by atoms with Crippen molar-refractivity contribution in [2.45, 2.75) is 6.42 Å². The van der Waals surface area contributed by atoms with E-state index < -0.39 is 4.92 Å². The van der Waals surface area contributed by atoms with Gasteiger partial charge in [-0.3, -0.25) is 10.1 Å². The third-order valence-electron chi connectivity index (χ3n) is 2.63. The Balaban J connectivity index is 2.19. The Morgan fingerprint density at radius 2 is 1.79 bits per heavy atom. The lowest BCUT2D eigenvalue weighted by Crippen LogP contribution is -1.95. The zero-order valence-electron chi connectivity index (χ0n) is 10.2. The highest BCUT2D eigenvalue weighted by atomic mass is 16.6. The highest BCUT2D eigenvalue weighted by Gasteiger charge is 2.07. The third kappa shape index (κ3) is 3.29. The van der Waals surface area contributed by atoms with Crippen molar-refractivity contribution < 1.29 is 14.8 Å². The van der Waals surface area contributed by atoms with Gasteiger partial charge in [-0.15, -0.1) is 0 Å². The van der Waals surface area contributed by atoms with E-state index in [9.17, 15) is 10.1 Å². The lowest BCUT2D eigenvalue weighted by Gasteiger charge is -2.10. The Bertz CT molecular complexity index is 566. The number of hydrogen-bond acceptors (Lipinski definition) is 4. The molecule has 0 heterocycles. The molecule has 0 bridgehead atoms. The third-order valence-corrected chi connectivity index (χ3v) is 2.63. The molecule has 0 saturated heterocycles. The van der Waals surface area contributed by atoms with Crippen LogP contribution in [-0.4, -0.2) is 16.6 Å². The van der Waals surface area contributed by atoms with Crippen molar-refractivity contribution in [1.82, 2.24) is 0 Å². The summed E-state index contributed by atoms with van der Waals surface area (Å²) in [7, 11) is 0. The fourth-order valence-corrected chi connectivity index (χ4v) is 1.69. The first-order valence-electron chi connectivity index (χ1n) is 5.82. The van der Waals surface area contributed by atoms with Crippen LogP contribution in [-0.2, 0) is 6.42 Å². The lowest BCUT2D eigenvalue weighted by molar-refractivity contribution is -0.384. The van der Waals surface area contributed by atoms with E-state index in [1.807, 2.05) is 18.2 Å². The Morgan fingerprint density at radius 3 is 2.42 bits per heavy atom. The second kappa shape index (κ2) is 5.97. The number of nitro benzene ring substituents is 1. The predicted octanol–water partition coefficient (Wildman–Crippen LogP) is 2.92. The summed E-state index contributed by atoms with van der Waals surface area (Å²) in [4.78, 5) is 10.1. The number of aliphatic hydroxyl groups excluding tert-OH is 1. The van der Waals surface area contributed by atoms with Gasteiger partial charge in [-0.2, -0.15) is 0 Å². The molecule has 0 aliphatic carbocycles. The van der Waals surface area contributed by atoms with Crippen molar-refractivity contribution in [2.24, 2.45) is 0 Å². The van der Waals surface area contributed by atoms with Gasteiger partial charge >= 0.3 is 0 Å². The monoisotopic (exact) mass is 259 g/mol. The van der Waals surface area contributed by atoms with E-state index >= 15 is 0 Å². The number of aliphatic hydroxyl groups is 1. The van der Waals surface area contributed by atoms with E-state index in [2.05, 4.69) is 0 Å². The second-order valence-electron chi connectivity index (χ2n) is 3.93. The summed E-state index contributed by atoms with van der Waals surface area (Å²) in [5.74, 6) is 1.17. The van der Waals surface area contributed by atoms with Crippen LogP contribution >= 0.6 is 0 Å². The summed E-state index contributed by atoms with van der Waals surface area (Å²) in [6, 6.07) is 13.3. The number of ether oxygens (including phenoxy) is 1. The van der Waals surface area contributed by atoms with Crippen molar-refractivity contribution in [3.8, 4) is 11.5 Å². The Morgan fingerprint density at radius 1 is 1.11 bits per heavy atom. The smallest absolute Gasteiger partial charge is 0.269 e. The molecule has 0 radical (unpaired) electrons. The van der Waals surface area contributed by atoms with E-state index in [-0.39, 0.29) is 12.3 Å². The lowest BCUT2D eigenvalue weighted by atomic mass is 10.1. The molecular formula is C14H13NO4. The van der Waals surface area contributed by atoms with E-state index in [1.165, 1.54) is 12.1 Å². The number of hydrogen-bond donors (Lipinski definition) is 1. The highest BCUT2D eigenvalue weighted by Crippen LogP contribution is 2.26. The van der Waals surface area contributed by atoms with Gasteiger partial charge in [0.25, 0.3) is 5.69 Å². The summed E-state index contributed by atoms with van der Waals surface area (Å²) in [6.07, 6.45) is 0.503. The molecule has 0 unspecified atom stereocenters. The van der Waals surface area contributed by atoms with Crippen LogP contribution in [0.15, 0.2) is 48.5 Å². The van der Waals surface area contributed by atoms with Gasteiger partial charge in [-0.1, -0.05) is 18.2 Å². The Hall–Kier alpha value is -2.40.